The van der Waals surface area contributed by atoms with Gasteiger partial charge in [-0.3, -0.25) is 4.79 Å². The molecule has 1 fully saturated rings. The van der Waals surface area contributed by atoms with E-state index in [9.17, 15) is 4.79 Å². The lowest BCUT2D eigenvalue weighted by Crippen LogP contribution is -2.34. The number of carbonyl (C=O) groups excluding carboxylic acids is 1. The fourth-order valence-electron chi connectivity index (χ4n) is 1.88. The Hall–Kier alpha value is -0.240. The summed E-state index contributed by atoms with van der Waals surface area (Å²) >= 11 is 5.61. The van der Waals surface area contributed by atoms with E-state index >= 15 is 0 Å². The number of hydrogen-bond donors (Lipinski definition) is 1. The summed E-state index contributed by atoms with van der Waals surface area (Å²) in [4.78, 5) is 11.4. The van der Waals surface area contributed by atoms with E-state index in [2.05, 4.69) is 5.32 Å². The maximum absolute atomic E-state index is 11.4. The molecule has 3 heteroatoms. The molecule has 0 spiro atoms. The maximum Gasteiger partial charge on any atom is 0.224 e. The van der Waals surface area contributed by atoms with Crippen molar-refractivity contribution in [2.45, 2.75) is 39.0 Å². The molecule has 1 aliphatic rings. The van der Waals surface area contributed by atoms with Gasteiger partial charge in [0.2, 0.25) is 5.91 Å². The van der Waals surface area contributed by atoms with Crippen molar-refractivity contribution < 1.29 is 4.79 Å². The first-order chi connectivity index (χ1) is 6.74. The van der Waals surface area contributed by atoms with E-state index in [1.165, 1.54) is 32.1 Å². The molecule has 0 saturated heterocycles. The van der Waals surface area contributed by atoms with Gasteiger partial charge in [-0.1, -0.05) is 26.2 Å². The number of halogens is 1. The van der Waals surface area contributed by atoms with E-state index in [0.29, 0.717) is 11.8 Å². The summed E-state index contributed by atoms with van der Waals surface area (Å²) in [5.74, 6) is 1.16. The van der Waals surface area contributed by atoms with Crippen LogP contribution in [0.25, 0.3) is 0 Å². The zero-order chi connectivity index (χ0) is 10.4. The van der Waals surface area contributed by atoms with E-state index in [-0.39, 0.29) is 11.8 Å². The first kappa shape index (κ1) is 11.8. The van der Waals surface area contributed by atoms with Gasteiger partial charge in [0.1, 0.15) is 0 Å². The second kappa shape index (κ2) is 6.28. The Bertz CT molecular complexity index is 178. The molecule has 1 N–H and O–H groups in total. The van der Waals surface area contributed by atoms with Crippen molar-refractivity contribution >= 4 is 17.5 Å². The fraction of sp³-hybridized carbons (Fsp3) is 0.909. The minimum atomic E-state index is -0.0553. The Labute approximate surface area is 91.4 Å². The van der Waals surface area contributed by atoms with Gasteiger partial charge in [-0.25, -0.2) is 0 Å². The van der Waals surface area contributed by atoms with Gasteiger partial charge >= 0.3 is 0 Å². The van der Waals surface area contributed by atoms with Crippen molar-refractivity contribution in [1.29, 1.82) is 0 Å². The normalized spacial score (nSPS) is 20.4. The SMILES string of the molecule is CC(CCl)C(=O)NCC1CCCCC1. The molecule has 1 amide bonds. The van der Waals surface area contributed by atoms with E-state index in [1.54, 1.807) is 0 Å². The smallest absolute Gasteiger partial charge is 0.224 e. The highest BCUT2D eigenvalue weighted by Gasteiger charge is 2.16. The van der Waals surface area contributed by atoms with Gasteiger partial charge in [-0.05, 0) is 18.8 Å². The van der Waals surface area contributed by atoms with Crippen molar-refractivity contribution in [2.24, 2.45) is 11.8 Å². The first-order valence-corrected chi connectivity index (χ1v) is 6.11. The molecule has 14 heavy (non-hydrogen) atoms. The van der Waals surface area contributed by atoms with E-state index in [1.807, 2.05) is 6.92 Å². The van der Waals surface area contributed by atoms with Crippen molar-refractivity contribution in [3.05, 3.63) is 0 Å². The molecule has 1 unspecified atom stereocenters. The van der Waals surface area contributed by atoms with Gasteiger partial charge in [0.15, 0.2) is 0 Å². The lowest BCUT2D eigenvalue weighted by atomic mass is 9.89. The molecule has 1 atom stereocenters. The molecule has 0 aliphatic heterocycles. The highest BCUT2D eigenvalue weighted by molar-refractivity contribution is 6.19. The molecule has 0 heterocycles. The number of rotatable bonds is 4. The highest BCUT2D eigenvalue weighted by Crippen LogP contribution is 2.22. The van der Waals surface area contributed by atoms with Crippen LogP contribution in [0, 0.1) is 11.8 Å². The summed E-state index contributed by atoms with van der Waals surface area (Å²) in [6, 6.07) is 0. The van der Waals surface area contributed by atoms with Crippen LogP contribution in [0.3, 0.4) is 0 Å². The zero-order valence-corrected chi connectivity index (χ0v) is 9.65. The van der Waals surface area contributed by atoms with Crippen LogP contribution in [0.5, 0.6) is 0 Å². The Balaban J connectivity index is 2.15. The van der Waals surface area contributed by atoms with Crippen molar-refractivity contribution in [1.82, 2.24) is 5.32 Å². The van der Waals surface area contributed by atoms with E-state index in [4.69, 9.17) is 11.6 Å². The van der Waals surface area contributed by atoms with Gasteiger partial charge < -0.3 is 5.32 Å². The van der Waals surface area contributed by atoms with Crippen LogP contribution in [-0.4, -0.2) is 18.3 Å². The predicted molar refractivity (Wildman–Crippen MR) is 59.5 cm³/mol. The Morgan fingerprint density at radius 3 is 2.64 bits per heavy atom. The van der Waals surface area contributed by atoms with Crippen molar-refractivity contribution in [3.8, 4) is 0 Å². The average molecular weight is 218 g/mol. The van der Waals surface area contributed by atoms with Crippen molar-refractivity contribution in [2.75, 3.05) is 12.4 Å². The molecular weight excluding hydrogens is 198 g/mol. The quantitative estimate of drug-likeness (QED) is 0.721. The van der Waals surface area contributed by atoms with E-state index < -0.39 is 0 Å². The van der Waals surface area contributed by atoms with Crippen LogP contribution >= 0.6 is 11.6 Å². The molecule has 0 aromatic heterocycles. The zero-order valence-electron chi connectivity index (χ0n) is 8.89. The Kier molecular flexibility index (Phi) is 5.31. The Morgan fingerprint density at radius 1 is 1.43 bits per heavy atom. The topological polar surface area (TPSA) is 29.1 Å². The largest absolute Gasteiger partial charge is 0.356 e. The maximum atomic E-state index is 11.4. The predicted octanol–water partition coefficient (Wildman–Crippen LogP) is 2.56. The molecule has 82 valence electrons. The standard InChI is InChI=1S/C11H20ClNO/c1-9(7-12)11(14)13-8-10-5-3-2-4-6-10/h9-10H,2-8H2,1H3,(H,13,14). The molecule has 1 aliphatic carbocycles. The number of nitrogens with one attached hydrogen (secondary N) is 1. The lowest BCUT2D eigenvalue weighted by Gasteiger charge is -2.22. The summed E-state index contributed by atoms with van der Waals surface area (Å²) in [6.07, 6.45) is 6.56. The first-order valence-electron chi connectivity index (χ1n) is 5.57. The summed E-state index contributed by atoms with van der Waals surface area (Å²) in [7, 11) is 0. The van der Waals surface area contributed by atoms with Crippen LogP contribution in [-0.2, 0) is 4.79 Å². The third kappa shape index (κ3) is 3.87. The molecule has 0 aromatic carbocycles. The number of hydrogen-bond acceptors (Lipinski definition) is 1. The van der Waals surface area contributed by atoms with Gasteiger partial charge in [0.05, 0.1) is 0 Å². The third-order valence-corrected chi connectivity index (χ3v) is 3.43. The molecule has 0 aromatic rings. The number of amides is 1. The van der Waals surface area contributed by atoms with Crippen LogP contribution in [0.2, 0.25) is 0 Å². The summed E-state index contributed by atoms with van der Waals surface area (Å²) < 4.78 is 0. The molecule has 0 radical (unpaired) electrons. The molecular formula is C11H20ClNO. The minimum absolute atomic E-state index is 0.0553. The fourth-order valence-corrected chi connectivity index (χ4v) is 2.02. The third-order valence-electron chi connectivity index (χ3n) is 2.97. The van der Waals surface area contributed by atoms with Gasteiger partial charge in [0, 0.05) is 18.3 Å². The second-order valence-corrected chi connectivity index (χ2v) is 4.61. The van der Waals surface area contributed by atoms with E-state index in [0.717, 1.165) is 6.54 Å². The average Bonchev–Trinajstić information content (AvgIpc) is 2.26. The van der Waals surface area contributed by atoms with Gasteiger partial charge in [0.25, 0.3) is 0 Å². The highest BCUT2D eigenvalue weighted by atomic mass is 35.5. The summed E-state index contributed by atoms with van der Waals surface area (Å²) in [5, 5.41) is 2.98. The second-order valence-electron chi connectivity index (χ2n) is 4.30. The van der Waals surface area contributed by atoms with Crippen LogP contribution in [0.4, 0.5) is 0 Å². The number of alkyl halides is 1. The monoisotopic (exact) mass is 217 g/mol. The molecule has 1 saturated carbocycles. The number of carbonyl (C=O) groups is 1. The van der Waals surface area contributed by atoms with Crippen LogP contribution < -0.4 is 5.32 Å². The van der Waals surface area contributed by atoms with Crippen molar-refractivity contribution in [3.63, 3.8) is 0 Å². The van der Waals surface area contributed by atoms with Crippen LogP contribution in [0.1, 0.15) is 39.0 Å². The molecule has 0 bridgehead atoms. The molecule has 1 rings (SSSR count). The van der Waals surface area contributed by atoms with Crippen LogP contribution in [0.15, 0.2) is 0 Å². The minimum Gasteiger partial charge on any atom is -0.356 e. The van der Waals surface area contributed by atoms with Gasteiger partial charge in [-0.2, -0.15) is 0 Å². The summed E-state index contributed by atoms with van der Waals surface area (Å²) in [6.45, 7) is 2.71. The Morgan fingerprint density at radius 2 is 2.07 bits per heavy atom. The molecule has 2 nitrogen and oxygen atoms in total. The summed E-state index contributed by atoms with van der Waals surface area (Å²) in [5.41, 5.74) is 0. The lowest BCUT2D eigenvalue weighted by molar-refractivity contribution is -0.124. The van der Waals surface area contributed by atoms with Gasteiger partial charge in [-0.15, -0.1) is 11.6 Å².